The zero-order chi connectivity index (χ0) is 17.6. The van der Waals surface area contributed by atoms with Gasteiger partial charge in [0.25, 0.3) is 0 Å². The lowest BCUT2D eigenvalue weighted by atomic mass is 10.1. The first-order chi connectivity index (χ1) is 10.7. The van der Waals surface area contributed by atoms with Gasteiger partial charge >= 0.3 is 11.9 Å². The summed E-state index contributed by atoms with van der Waals surface area (Å²) in [5.41, 5.74) is 0.0765. The smallest absolute Gasteiger partial charge is 0.354 e. The van der Waals surface area contributed by atoms with Crippen LogP contribution in [0.1, 0.15) is 43.6 Å². The summed E-state index contributed by atoms with van der Waals surface area (Å²) in [7, 11) is -2.53. The van der Waals surface area contributed by atoms with Crippen molar-refractivity contribution in [3.63, 3.8) is 0 Å². The molecule has 0 spiro atoms. The number of unbranched alkanes of at least 4 members (excludes halogenated alkanes) is 1. The van der Waals surface area contributed by atoms with Gasteiger partial charge in [0.15, 0.2) is 0 Å². The number of aromatic nitrogens is 1. The second-order valence-corrected chi connectivity index (χ2v) is 6.76. The fourth-order valence-electron chi connectivity index (χ4n) is 1.99. The molecule has 1 rings (SSSR count). The number of ether oxygens (including phenoxy) is 1. The number of carboxylic acids is 1. The zero-order valence-electron chi connectivity index (χ0n) is 13.4. The van der Waals surface area contributed by atoms with Gasteiger partial charge in [-0.05, 0) is 19.4 Å². The van der Waals surface area contributed by atoms with Gasteiger partial charge in [-0.2, -0.15) is 4.72 Å². The van der Waals surface area contributed by atoms with Crippen LogP contribution in [0.2, 0.25) is 0 Å². The fraction of sp³-hybridized carbons (Fsp3) is 0.571. The molecule has 9 heteroatoms. The van der Waals surface area contributed by atoms with E-state index in [0.717, 1.165) is 6.42 Å². The molecule has 1 aromatic rings. The normalized spacial score (nSPS) is 12.8. The Kier molecular flexibility index (Phi) is 6.77. The molecule has 0 fully saturated rings. The largest absolute Gasteiger partial charge is 0.480 e. The molecule has 1 atom stereocenters. The molecule has 0 aliphatic rings. The maximum Gasteiger partial charge on any atom is 0.354 e. The van der Waals surface area contributed by atoms with Crippen molar-refractivity contribution in [2.45, 2.75) is 44.0 Å². The van der Waals surface area contributed by atoms with E-state index in [9.17, 15) is 18.0 Å². The van der Waals surface area contributed by atoms with E-state index in [2.05, 4.69) is 4.72 Å². The maximum absolute atomic E-state index is 12.3. The van der Waals surface area contributed by atoms with Gasteiger partial charge in [-0.1, -0.05) is 19.8 Å². The van der Waals surface area contributed by atoms with Crippen LogP contribution in [0.5, 0.6) is 0 Å². The predicted molar refractivity (Wildman–Crippen MR) is 82.6 cm³/mol. The topological polar surface area (TPSA) is 115 Å². The minimum absolute atomic E-state index is 0.0765. The number of aliphatic carboxylic acids is 1. The van der Waals surface area contributed by atoms with E-state index in [1.165, 1.54) is 23.9 Å². The minimum Gasteiger partial charge on any atom is -0.480 e. The molecule has 130 valence electrons. The standard InChI is InChI=1S/C14H22N2O6S/c1-4-6-7-11(13(17)18)15-23(20,21)10-8-12(16(3)9-10)14(19)22-5-2/h8-9,11,15H,4-7H2,1-3H3,(H,17,18)/t11-/m0/s1. The van der Waals surface area contributed by atoms with Gasteiger partial charge < -0.3 is 14.4 Å². The Balaban J connectivity index is 3.01. The lowest BCUT2D eigenvalue weighted by Gasteiger charge is -2.13. The predicted octanol–water partition coefficient (Wildman–Crippen LogP) is 1.12. The monoisotopic (exact) mass is 346 g/mol. The van der Waals surface area contributed by atoms with Gasteiger partial charge in [-0.3, -0.25) is 4.79 Å². The number of esters is 1. The molecule has 0 aliphatic heterocycles. The number of carbonyl (C=O) groups is 2. The number of hydrogen-bond acceptors (Lipinski definition) is 5. The van der Waals surface area contributed by atoms with Crippen LogP contribution < -0.4 is 4.72 Å². The maximum atomic E-state index is 12.3. The summed E-state index contributed by atoms with van der Waals surface area (Å²) in [6.45, 7) is 3.70. The number of carbonyl (C=O) groups excluding carboxylic acids is 1. The molecule has 0 radical (unpaired) electrons. The van der Waals surface area contributed by atoms with Crippen LogP contribution in [0.25, 0.3) is 0 Å². The second-order valence-electron chi connectivity index (χ2n) is 5.05. The van der Waals surface area contributed by atoms with Crippen molar-refractivity contribution in [3.8, 4) is 0 Å². The van der Waals surface area contributed by atoms with E-state index < -0.39 is 28.0 Å². The van der Waals surface area contributed by atoms with Crippen LogP contribution >= 0.6 is 0 Å². The van der Waals surface area contributed by atoms with E-state index in [-0.39, 0.29) is 23.6 Å². The molecule has 23 heavy (non-hydrogen) atoms. The third-order valence-electron chi connectivity index (χ3n) is 3.22. The summed E-state index contributed by atoms with van der Waals surface area (Å²) < 4.78 is 33.0. The van der Waals surface area contributed by atoms with E-state index in [1.54, 1.807) is 6.92 Å². The highest BCUT2D eigenvalue weighted by molar-refractivity contribution is 7.89. The summed E-state index contributed by atoms with van der Waals surface area (Å²) in [5.74, 6) is -1.87. The summed E-state index contributed by atoms with van der Waals surface area (Å²) >= 11 is 0. The molecule has 0 saturated heterocycles. The van der Waals surface area contributed by atoms with Gasteiger partial charge in [0.2, 0.25) is 10.0 Å². The Labute approximate surface area is 135 Å². The molecule has 1 aromatic heterocycles. The van der Waals surface area contributed by atoms with Crippen molar-refractivity contribution in [3.05, 3.63) is 18.0 Å². The highest BCUT2D eigenvalue weighted by Gasteiger charge is 2.27. The van der Waals surface area contributed by atoms with Crippen LogP contribution in [-0.4, -0.2) is 42.7 Å². The molecule has 2 N–H and O–H groups in total. The van der Waals surface area contributed by atoms with Gasteiger partial charge in [0.05, 0.1) is 6.61 Å². The SMILES string of the molecule is CCCC[C@H](NS(=O)(=O)c1cc(C(=O)OCC)n(C)c1)C(=O)O. The summed E-state index contributed by atoms with van der Waals surface area (Å²) in [4.78, 5) is 22.7. The number of aryl methyl sites for hydroxylation is 1. The zero-order valence-corrected chi connectivity index (χ0v) is 14.2. The molecule has 0 saturated carbocycles. The van der Waals surface area contributed by atoms with E-state index in [0.29, 0.717) is 6.42 Å². The Bertz CT molecular complexity index is 665. The van der Waals surface area contributed by atoms with Gasteiger partial charge in [0.1, 0.15) is 16.6 Å². The fourth-order valence-corrected chi connectivity index (χ4v) is 3.28. The third kappa shape index (κ3) is 5.07. The van der Waals surface area contributed by atoms with Crippen molar-refractivity contribution < 1.29 is 27.9 Å². The molecule has 1 heterocycles. The number of nitrogens with zero attached hydrogens (tertiary/aromatic N) is 1. The van der Waals surface area contributed by atoms with Crippen molar-refractivity contribution in [2.75, 3.05) is 6.61 Å². The number of carboxylic acid groups (broad SMARTS) is 1. The van der Waals surface area contributed by atoms with Crippen LogP contribution in [-0.2, 0) is 26.6 Å². The first-order valence-corrected chi connectivity index (χ1v) is 8.79. The first kappa shape index (κ1) is 19.2. The molecule has 0 aliphatic carbocycles. The van der Waals surface area contributed by atoms with Crippen molar-refractivity contribution >= 4 is 22.0 Å². The van der Waals surface area contributed by atoms with Crippen LogP contribution in [0.4, 0.5) is 0 Å². The summed E-state index contributed by atoms with van der Waals surface area (Å²) in [6, 6.07) is -0.0369. The Morgan fingerprint density at radius 2 is 2.04 bits per heavy atom. The number of sulfonamides is 1. The average Bonchev–Trinajstić information content (AvgIpc) is 2.86. The first-order valence-electron chi connectivity index (χ1n) is 7.31. The Morgan fingerprint density at radius 1 is 1.39 bits per heavy atom. The highest BCUT2D eigenvalue weighted by atomic mass is 32.2. The van der Waals surface area contributed by atoms with Crippen molar-refractivity contribution in [1.82, 2.24) is 9.29 Å². The number of hydrogen-bond donors (Lipinski definition) is 2. The molecular formula is C14H22N2O6S. The Hall–Kier alpha value is -1.87. The van der Waals surface area contributed by atoms with Gasteiger partial charge in [-0.15, -0.1) is 0 Å². The second kappa shape index (κ2) is 8.11. The van der Waals surface area contributed by atoms with E-state index >= 15 is 0 Å². The molecule has 0 aromatic carbocycles. The van der Waals surface area contributed by atoms with Gasteiger partial charge in [0, 0.05) is 13.2 Å². The van der Waals surface area contributed by atoms with Crippen LogP contribution in [0.15, 0.2) is 17.2 Å². The summed E-state index contributed by atoms with van der Waals surface area (Å²) in [5, 5.41) is 9.12. The lowest BCUT2D eigenvalue weighted by molar-refractivity contribution is -0.139. The van der Waals surface area contributed by atoms with Crippen LogP contribution in [0, 0.1) is 0 Å². The van der Waals surface area contributed by atoms with E-state index in [4.69, 9.17) is 9.84 Å². The molecule has 0 bridgehead atoms. The van der Waals surface area contributed by atoms with Crippen LogP contribution in [0.3, 0.4) is 0 Å². The van der Waals surface area contributed by atoms with Crippen molar-refractivity contribution in [1.29, 1.82) is 0 Å². The molecule has 0 unspecified atom stereocenters. The Morgan fingerprint density at radius 3 is 2.57 bits per heavy atom. The minimum atomic E-state index is -4.04. The van der Waals surface area contributed by atoms with E-state index in [1.807, 2.05) is 6.92 Å². The lowest BCUT2D eigenvalue weighted by Crippen LogP contribution is -2.40. The summed E-state index contributed by atoms with van der Waals surface area (Å²) in [6.07, 6.45) is 2.78. The third-order valence-corrected chi connectivity index (χ3v) is 4.66. The molecule has 8 nitrogen and oxygen atoms in total. The average molecular weight is 346 g/mol. The molecule has 0 amide bonds. The highest BCUT2D eigenvalue weighted by Crippen LogP contribution is 2.16. The number of rotatable bonds is 9. The number of nitrogens with one attached hydrogen (secondary N) is 1. The quantitative estimate of drug-likeness (QED) is 0.648. The molecular weight excluding hydrogens is 324 g/mol. The van der Waals surface area contributed by atoms with Crippen molar-refractivity contribution in [2.24, 2.45) is 7.05 Å². The van der Waals surface area contributed by atoms with Gasteiger partial charge in [-0.25, -0.2) is 13.2 Å².